The van der Waals surface area contributed by atoms with E-state index in [2.05, 4.69) is 22.4 Å². The maximum absolute atomic E-state index is 6.26. The Morgan fingerprint density at radius 3 is 2.88 bits per heavy atom. The van der Waals surface area contributed by atoms with E-state index in [1.165, 1.54) is 12.8 Å². The molecule has 6 nitrogen and oxygen atoms in total. The van der Waals surface area contributed by atoms with Crippen LogP contribution in [0.5, 0.6) is 11.5 Å². The number of nitrogens with one attached hydrogen (secondary N) is 1. The van der Waals surface area contributed by atoms with Gasteiger partial charge in [-0.1, -0.05) is 23.7 Å². The zero-order valence-electron chi connectivity index (χ0n) is 14.8. The Hall–Kier alpha value is -1.79. The van der Waals surface area contributed by atoms with Gasteiger partial charge in [0.05, 0.1) is 19.2 Å². The molecule has 0 radical (unpaired) electrons. The second kappa shape index (κ2) is 8.06. The van der Waals surface area contributed by atoms with Gasteiger partial charge in [0.25, 0.3) is 0 Å². The lowest BCUT2D eigenvalue weighted by atomic mass is 9.85. The van der Waals surface area contributed by atoms with E-state index in [0.717, 1.165) is 25.1 Å². The lowest BCUT2D eigenvalue weighted by Crippen LogP contribution is -2.33. The van der Waals surface area contributed by atoms with E-state index < -0.39 is 0 Å². The third kappa shape index (κ3) is 4.07. The molecule has 1 aromatic carbocycles. The van der Waals surface area contributed by atoms with E-state index in [9.17, 15) is 0 Å². The molecule has 2 aromatic rings. The monoisotopic (exact) mass is 365 g/mol. The third-order valence-corrected chi connectivity index (χ3v) is 5.08. The molecule has 1 aromatic heterocycles. The van der Waals surface area contributed by atoms with Gasteiger partial charge in [0.15, 0.2) is 11.5 Å². The van der Waals surface area contributed by atoms with Crippen molar-refractivity contribution in [2.75, 3.05) is 27.3 Å². The minimum absolute atomic E-state index is 0.449. The number of halogens is 1. The van der Waals surface area contributed by atoms with Gasteiger partial charge >= 0.3 is 0 Å². The highest BCUT2D eigenvalue weighted by molar-refractivity contribution is 6.32. The number of hydrogen-bond acceptors (Lipinski definition) is 6. The smallest absolute Gasteiger partial charge is 0.227 e. The van der Waals surface area contributed by atoms with Crippen molar-refractivity contribution in [3.8, 4) is 22.9 Å². The normalized spacial score (nSPS) is 18.8. The first kappa shape index (κ1) is 18.0. The standard InChI is InChI=1S/C18H24ClN3O3/c1-11(12-5-4-6-20-10-12)7-16-21-18(22-25-16)13-8-14(19)17(24-3)15(9-13)23-2/h8-9,11-12,20H,4-7,10H2,1-3H3. The van der Waals surface area contributed by atoms with Gasteiger partial charge in [-0.15, -0.1) is 0 Å². The van der Waals surface area contributed by atoms with E-state index in [1.807, 2.05) is 0 Å². The van der Waals surface area contributed by atoms with Crippen LogP contribution in [0.3, 0.4) is 0 Å². The molecule has 1 aliphatic heterocycles. The second-order valence-electron chi connectivity index (χ2n) is 6.49. The summed E-state index contributed by atoms with van der Waals surface area (Å²) in [4.78, 5) is 4.53. The van der Waals surface area contributed by atoms with Crippen LogP contribution < -0.4 is 14.8 Å². The van der Waals surface area contributed by atoms with E-state index >= 15 is 0 Å². The van der Waals surface area contributed by atoms with E-state index in [0.29, 0.717) is 40.1 Å². The fourth-order valence-electron chi connectivity index (χ4n) is 3.31. The number of hydrogen-bond donors (Lipinski definition) is 1. The average Bonchev–Trinajstić information content (AvgIpc) is 3.10. The van der Waals surface area contributed by atoms with E-state index in [1.54, 1.807) is 26.4 Å². The third-order valence-electron chi connectivity index (χ3n) is 4.80. The van der Waals surface area contributed by atoms with E-state index in [4.69, 9.17) is 25.6 Å². The molecule has 7 heteroatoms. The highest BCUT2D eigenvalue weighted by atomic mass is 35.5. The number of methoxy groups -OCH3 is 2. The summed E-state index contributed by atoms with van der Waals surface area (Å²) in [6, 6.07) is 3.56. The van der Waals surface area contributed by atoms with E-state index in [-0.39, 0.29) is 0 Å². The highest BCUT2D eigenvalue weighted by Gasteiger charge is 2.23. The molecule has 1 N–H and O–H groups in total. The Morgan fingerprint density at radius 2 is 2.20 bits per heavy atom. The summed E-state index contributed by atoms with van der Waals surface area (Å²) in [6.07, 6.45) is 3.26. The molecule has 0 saturated carbocycles. The molecular formula is C18H24ClN3O3. The van der Waals surface area contributed by atoms with Crippen LogP contribution in [0.25, 0.3) is 11.4 Å². The Morgan fingerprint density at radius 1 is 1.36 bits per heavy atom. The maximum Gasteiger partial charge on any atom is 0.227 e. The highest BCUT2D eigenvalue weighted by Crippen LogP contribution is 2.38. The van der Waals surface area contributed by atoms with Crippen molar-refractivity contribution in [2.24, 2.45) is 11.8 Å². The molecule has 2 unspecified atom stereocenters. The van der Waals surface area contributed by atoms with Gasteiger partial charge in [-0.3, -0.25) is 0 Å². The maximum atomic E-state index is 6.26. The summed E-state index contributed by atoms with van der Waals surface area (Å²) < 4.78 is 16.0. The first-order chi connectivity index (χ1) is 12.1. The summed E-state index contributed by atoms with van der Waals surface area (Å²) in [5, 5.41) is 8.00. The van der Waals surface area contributed by atoms with Crippen LogP contribution in [0.15, 0.2) is 16.7 Å². The lowest BCUT2D eigenvalue weighted by molar-refractivity contribution is 0.257. The molecule has 136 valence electrons. The molecule has 0 amide bonds. The molecule has 25 heavy (non-hydrogen) atoms. The van der Waals surface area contributed by atoms with Crippen LogP contribution in [0.4, 0.5) is 0 Å². The van der Waals surface area contributed by atoms with Crippen molar-refractivity contribution >= 4 is 11.6 Å². The number of piperidine rings is 1. The first-order valence-electron chi connectivity index (χ1n) is 8.57. The summed E-state index contributed by atoms with van der Waals surface area (Å²) in [7, 11) is 3.12. The predicted molar refractivity (Wildman–Crippen MR) is 96.3 cm³/mol. The molecule has 2 heterocycles. The minimum Gasteiger partial charge on any atom is -0.493 e. The summed E-state index contributed by atoms with van der Waals surface area (Å²) in [5.74, 6) is 3.34. The molecule has 2 atom stereocenters. The van der Waals surface area contributed by atoms with Crippen LogP contribution in [0, 0.1) is 11.8 Å². The minimum atomic E-state index is 0.449. The fourth-order valence-corrected chi connectivity index (χ4v) is 3.60. The molecule has 1 aliphatic rings. The average molecular weight is 366 g/mol. The van der Waals surface area contributed by atoms with Crippen molar-refractivity contribution < 1.29 is 14.0 Å². The van der Waals surface area contributed by atoms with Crippen LogP contribution in [-0.2, 0) is 6.42 Å². The van der Waals surface area contributed by atoms with Crippen molar-refractivity contribution in [2.45, 2.75) is 26.2 Å². The number of nitrogens with zero attached hydrogens (tertiary/aromatic N) is 2. The molecule has 0 bridgehead atoms. The number of ether oxygens (including phenoxy) is 2. The van der Waals surface area contributed by atoms with Crippen molar-refractivity contribution in [3.05, 3.63) is 23.0 Å². The predicted octanol–water partition coefficient (Wildman–Crippen LogP) is 3.59. The SMILES string of the molecule is COc1cc(-c2noc(CC(C)C3CCCNC3)n2)cc(Cl)c1OC. The number of aromatic nitrogens is 2. The Kier molecular flexibility index (Phi) is 5.81. The van der Waals surface area contributed by atoms with Gasteiger partial charge < -0.3 is 19.3 Å². The summed E-state index contributed by atoms with van der Waals surface area (Å²) >= 11 is 6.26. The molecular weight excluding hydrogens is 342 g/mol. The number of benzene rings is 1. The molecule has 0 aliphatic carbocycles. The lowest BCUT2D eigenvalue weighted by Gasteiger charge is -2.27. The van der Waals surface area contributed by atoms with Crippen LogP contribution in [0.1, 0.15) is 25.7 Å². The summed E-state index contributed by atoms with van der Waals surface area (Å²) in [6.45, 7) is 4.43. The molecule has 3 rings (SSSR count). The van der Waals surface area contributed by atoms with Crippen LogP contribution in [-0.4, -0.2) is 37.4 Å². The zero-order chi connectivity index (χ0) is 17.8. The van der Waals surface area contributed by atoms with Gasteiger partial charge in [0, 0.05) is 12.0 Å². The fraction of sp³-hybridized carbons (Fsp3) is 0.556. The number of rotatable bonds is 6. The van der Waals surface area contributed by atoms with Crippen molar-refractivity contribution in [1.82, 2.24) is 15.5 Å². The quantitative estimate of drug-likeness (QED) is 0.843. The van der Waals surface area contributed by atoms with Gasteiger partial charge in [-0.05, 0) is 49.9 Å². The second-order valence-corrected chi connectivity index (χ2v) is 6.90. The van der Waals surface area contributed by atoms with Crippen molar-refractivity contribution in [3.63, 3.8) is 0 Å². The first-order valence-corrected chi connectivity index (χ1v) is 8.95. The summed E-state index contributed by atoms with van der Waals surface area (Å²) in [5.41, 5.74) is 0.740. The van der Waals surface area contributed by atoms with Gasteiger partial charge in [-0.2, -0.15) is 4.98 Å². The van der Waals surface area contributed by atoms with Crippen LogP contribution >= 0.6 is 11.6 Å². The molecule has 1 fully saturated rings. The van der Waals surface area contributed by atoms with Crippen molar-refractivity contribution in [1.29, 1.82) is 0 Å². The zero-order valence-corrected chi connectivity index (χ0v) is 15.6. The Labute approximate surface area is 152 Å². The van der Waals surface area contributed by atoms with Gasteiger partial charge in [0.2, 0.25) is 11.7 Å². The Balaban J connectivity index is 1.76. The van der Waals surface area contributed by atoms with Gasteiger partial charge in [0.1, 0.15) is 0 Å². The van der Waals surface area contributed by atoms with Gasteiger partial charge in [-0.25, -0.2) is 0 Å². The largest absolute Gasteiger partial charge is 0.493 e. The Bertz CT molecular complexity index is 714. The molecule has 0 spiro atoms. The van der Waals surface area contributed by atoms with Crippen LogP contribution in [0.2, 0.25) is 5.02 Å². The molecule has 1 saturated heterocycles. The topological polar surface area (TPSA) is 69.4 Å².